The molecule has 3 atom stereocenters. The summed E-state index contributed by atoms with van der Waals surface area (Å²) in [6.45, 7) is 6.90. The Bertz CT molecular complexity index is 835. The first-order valence-corrected chi connectivity index (χ1v) is 10.2. The number of aromatic nitrogens is 2. The van der Waals surface area contributed by atoms with Crippen molar-refractivity contribution in [2.45, 2.75) is 58.6 Å². The summed E-state index contributed by atoms with van der Waals surface area (Å²) in [5.41, 5.74) is 0.904. The van der Waals surface area contributed by atoms with Gasteiger partial charge in [0.2, 0.25) is 0 Å². The number of hydrogen-bond donors (Lipinski definition) is 1. The largest absolute Gasteiger partial charge is 0.462 e. The highest BCUT2D eigenvalue weighted by Crippen LogP contribution is 2.39. The third-order valence-electron chi connectivity index (χ3n) is 5.47. The number of carbonyl (C=O) groups is 1. The molecule has 2 fully saturated rings. The van der Waals surface area contributed by atoms with Crippen LogP contribution in [0.3, 0.4) is 0 Å². The zero-order chi connectivity index (χ0) is 18.3. The molecule has 0 amide bonds. The van der Waals surface area contributed by atoms with Crippen LogP contribution in [0.4, 0.5) is 5.82 Å². The summed E-state index contributed by atoms with van der Waals surface area (Å²) >= 11 is 1.39. The van der Waals surface area contributed by atoms with Crippen molar-refractivity contribution in [1.82, 2.24) is 9.97 Å². The van der Waals surface area contributed by atoms with Crippen LogP contribution in [-0.4, -0.2) is 41.3 Å². The number of fused-ring (bicyclic) bond motifs is 2. The van der Waals surface area contributed by atoms with Gasteiger partial charge >= 0.3 is 5.97 Å². The Labute approximate surface area is 157 Å². The summed E-state index contributed by atoms with van der Waals surface area (Å²) in [6.07, 6.45) is 4.93. The zero-order valence-corrected chi connectivity index (χ0v) is 16.3. The van der Waals surface area contributed by atoms with Crippen molar-refractivity contribution in [3.63, 3.8) is 0 Å². The Morgan fingerprint density at radius 1 is 1.31 bits per heavy atom. The Morgan fingerprint density at radius 2 is 2.15 bits per heavy atom. The van der Waals surface area contributed by atoms with Crippen molar-refractivity contribution in [3.8, 4) is 0 Å². The molecular formula is C19H25N3O3S. The van der Waals surface area contributed by atoms with E-state index >= 15 is 0 Å². The first-order valence-electron chi connectivity index (χ1n) is 9.41. The van der Waals surface area contributed by atoms with Gasteiger partial charge in [-0.2, -0.15) is 0 Å². The van der Waals surface area contributed by atoms with Gasteiger partial charge in [0.15, 0.2) is 0 Å². The number of nitrogens with zero attached hydrogens (tertiary/aromatic N) is 2. The molecule has 4 rings (SSSR count). The van der Waals surface area contributed by atoms with E-state index in [1.807, 2.05) is 20.8 Å². The second-order valence-corrected chi connectivity index (χ2v) is 8.12. The van der Waals surface area contributed by atoms with Crippen LogP contribution in [0.1, 0.15) is 53.7 Å². The maximum absolute atomic E-state index is 12.3. The number of esters is 1. The summed E-state index contributed by atoms with van der Waals surface area (Å²) in [5.74, 6) is 1.82. The van der Waals surface area contributed by atoms with E-state index in [1.54, 1.807) is 0 Å². The molecule has 3 heterocycles. The quantitative estimate of drug-likeness (QED) is 0.818. The number of carbonyl (C=O) groups excluding carboxylic acids is 1. The van der Waals surface area contributed by atoms with Crippen LogP contribution in [0.2, 0.25) is 0 Å². The monoisotopic (exact) mass is 375 g/mol. The van der Waals surface area contributed by atoms with E-state index in [1.165, 1.54) is 17.8 Å². The molecule has 1 saturated heterocycles. The minimum absolute atomic E-state index is 0.279. The highest BCUT2D eigenvalue weighted by Gasteiger charge is 2.38. The summed E-state index contributed by atoms with van der Waals surface area (Å²) < 4.78 is 11.1. The van der Waals surface area contributed by atoms with Gasteiger partial charge in [-0.3, -0.25) is 0 Å². The Kier molecular flexibility index (Phi) is 4.84. The predicted molar refractivity (Wildman–Crippen MR) is 102 cm³/mol. The van der Waals surface area contributed by atoms with Gasteiger partial charge in [0.25, 0.3) is 0 Å². The second-order valence-electron chi connectivity index (χ2n) is 7.12. The lowest BCUT2D eigenvalue weighted by molar-refractivity contribution is 0.0531. The summed E-state index contributed by atoms with van der Waals surface area (Å²) in [5, 5.41) is 4.63. The molecule has 26 heavy (non-hydrogen) atoms. The number of hydrogen-bond acceptors (Lipinski definition) is 7. The van der Waals surface area contributed by atoms with Crippen LogP contribution in [0.5, 0.6) is 0 Å². The second kappa shape index (κ2) is 7.12. The first kappa shape index (κ1) is 17.7. The third-order valence-corrected chi connectivity index (χ3v) is 6.63. The fourth-order valence-corrected chi connectivity index (χ4v) is 5.39. The smallest absolute Gasteiger partial charge is 0.348 e. The molecule has 1 aliphatic carbocycles. The normalized spacial score (nSPS) is 25.3. The van der Waals surface area contributed by atoms with Gasteiger partial charge in [-0.1, -0.05) is 0 Å². The van der Waals surface area contributed by atoms with E-state index in [0.29, 0.717) is 35.4 Å². The number of ether oxygens (including phenoxy) is 2. The third kappa shape index (κ3) is 3.07. The van der Waals surface area contributed by atoms with E-state index < -0.39 is 0 Å². The molecule has 1 saturated carbocycles. The number of rotatable bonds is 4. The average molecular weight is 375 g/mol. The lowest BCUT2D eigenvalue weighted by atomic mass is 9.82. The standard InChI is InChI=1S/C19H25N3O3S/c1-4-24-19(23)16-10(2)15-17(20-11(3)21-18(15)26-16)22-13-6-5-7-14-12(13)8-9-25-14/h12-14H,4-9H2,1-3H3,(H,20,21,22). The van der Waals surface area contributed by atoms with E-state index in [4.69, 9.17) is 9.47 Å². The summed E-state index contributed by atoms with van der Waals surface area (Å²) in [4.78, 5) is 23.0. The Morgan fingerprint density at radius 3 is 2.96 bits per heavy atom. The van der Waals surface area contributed by atoms with E-state index in [-0.39, 0.29) is 5.97 Å². The molecule has 6 nitrogen and oxygen atoms in total. The van der Waals surface area contributed by atoms with Gasteiger partial charge in [0.05, 0.1) is 18.1 Å². The van der Waals surface area contributed by atoms with Crippen LogP contribution < -0.4 is 5.32 Å². The molecule has 2 aromatic rings. The SMILES string of the molecule is CCOC(=O)c1sc2nc(C)nc(NC3CCCC4OCCC34)c2c1C. The fourth-order valence-electron chi connectivity index (χ4n) is 4.27. The maximum atomic E-state index is 12.3. The highest BCUT2D eigenvalue weighted by molar-refractivity contribution is 7.20. The van der Waals surface area contributed by atoms with Crippen molar-refractivity contribution in [2.24, 2.45) is 5.92 Å². The molecule has 0 bridgehead atoms. The first-order chi connectivity index (χ1) is 12.6. The lowest BCUT2D eigenvalue weighted by Crippen LogP contribution is -2.38. The molecular weight excluding hydrogens is 350 g/mol. The van der Waals surface area contributed by atoms with Gasteiger partial charge in [0, 0.05) is 18.6 Å². The number of nitrogens with one attached hydrogen (secondary N) is 1. The van der Waals surface area contributed by atoms with Crippen LogP contribution in [0, 0.1) is 19.8 Å². The molecule has 1 N–H and O–H groups in total. The van der Waals surface area contributed by atoms with Crippen molar-refractivity contribution < 1.29 is 14.3 Å². The molecule has 0 radical (unpaired) electrons. The molecule has 2 aliphatic rings. The molecule has 0 spiro atoms. The maximum Gasteiger partial charge on any atom is 0.348 e. The summed E-state index contributed by atoms with van der Waals surface area (Å²) in [6, 6.07) is 0.360. The lowest BCUT2D eigenvalue weighted by Gasteiger charge is -2.33. The van der Waals surface area contributed by atoms with Crippen molar-refractivity contribution in [1.29, 1.82) is 0 Å². The van der Waals surface area contributed by atoms with Gasteiger partial charge in [-0.25, -0.2) is 14.8 Å². The molecule has 0 aromatic carbocycles. The van der Waals surface area contributed by atoms with Gasteiger partial charge in [-0.15, -0.1) is 11.3 Å². The van der Waals surface area contributed by atoms with Crippen LogP contribution in [0.25, 0.3) is 10.2 Å². The van der Waals surface area contributed by atoms with Crippen molar-refractivity contribution in [2.75, 3.05) is 18.5 Å². The van der Waals surface area contributed by atoms with E-state index in [9.17, 15) is 4.79 Å². The summed E-state index contributed by atoms with van der Waals surface area (Å²) in [7, 11) is 0. The molecule has 3 unspecified atom stereocenters. The highest BCUT2D eigenvalue weighted by atomic mass is 32.1. The minimum Gasteiger partial charge on any atom is -0.462 e. The van der Waals surface area contributed by atoms with Crippen molar-refractivity contribution in [3.05, 3.63) is 16.3 Å². The molecule has 2 aromatic heterocycles. The fraction of sp³-hybridized carbons (Fsp3) is 0.632. The van der Waals surface area contributed by atoms with E-state index in [2.05, 4.69) is 15.3 Å². The number of anilines is 1. The average Bonchev–Trinajstić information content (AvgIpc) is 3.20. The van der Waals surface area contributed by atoms with Crippen molar-refractivity contribution >= 4 is 33.3 Å². The van der Waals surface area contributed by atoms with Crippen LogP contribution in [-0.2, 0) is 9.47 Å². The van der Waals surface area contributed by atoms with Gasteiger partial charge < -0.3 is 14.8 Å². The molecule has 140 valence electrons. The zero-order valence-electron chi connectivity index (χ0n) is 15.5. The predicted octanol–water partition coefficient (Wildman–Crippen LogP) is 3.85. The van der Waals surface area contributed by atoms with Gasteiger partial charge in [-0.05, 0) is 52.0 Å². The molecule has 7 heteroatoms. The number of thiophene rings is 1. The Hall–Kier alpha value is -1.73. The van der Waals surface area contributed by atoms with Crippen LogP contribution in [0.15, 0.2) is 0 Å². The minimum atomic E-state index is -0.279. The van der Waals surface area contributed by atoms with Crippen LogP contribution >= 0.6 is 11.3 Å². The molecule has 1 aliphatic heterocycles. The van der Waals surface area contributed by atoms with Gasteiger partial charge in [0.1, 0.15) is 21.3 Å². The Balaban J connectivity index is 1.71. The van der Waals surface area contributed by atoms with E-state index in [0.717, 1.165) is 47.5 Å². The number of aryl methyl sites for hydroxylation is 2. The topological polar surface area (TPSA) is 73.3 Å².